The van der Waals surface area contributed by atoms with E-state index in [2.05, 4.69) is 25.5 Å². The van der Waals surface area contributed by atoms with E-state index in [9.17, 15) is 4.79 Å². The number of aromatic amines is 1. The number of halogens is 2. The van der Waals surface area contributed by atoms with Gasteiger partial charge < -0.3 is 26.3 Å². The lowest BCUT2D eigenvalue weighted by molar-refractivity contribution is -0.128. The first-order valence-corrected chi connectivity index (χ1v) is 11.4. The number of rotatable bonds is 5. The Hall–Kier alpha value is -2.48. The van der Waals surface area contributed by atoms with Gasteiger partial charge in [0.05, 0.1) is 32.5 Å². The van der Waals surface area contributed by atoms with Crippen molar-refractivity contribution in [1.82, 2.24) is 15.3 Å². The maximum absolute atomic E-state index is 12.2. The van der Waals surface area contributed by atoms with Crippen molar-refractivity contribution in [2.24, 2.45) is 11.1 Å². The highest BCUT2D eigenvalue weighted by atomic mass is 35.5. The molecule has 5 N–H and O–H groups in total. The van der Waals surface area contributed by atoms with Crippen LogP contribution in [0.25, 0.3) is 11.0 Å². The van der Waals surface area contributed by atoms with Crippen LogP contribution in [0.2, 0.25) is 10.0 Å². The molecule has 1 aliphatic heterocycles. The van der Waals surface area contributed by atoms with Crippen molar-refractivity contribution in [3.63, 3.8) is 0 Å². The molecule has 4 rings (SSSR count). The Balaban J connectivity index is 1.53. The van der Waals surface area contributed by atoms with Crippen LogP contribution in [0.1, 0.15) is 32.8 Å². The lowest BCUT2D eigenvalue weighted by Gasteiger charge is -2.19. The molecule has 2 aromatic carbocycles. The summed E-state index contributed by atoms with van der Waals surface area (Å²) in [4.78, 5) is 22.3. The second kappa shape index (κ2) is 8.81. The summed E-state index contributed by atoms with van der Waals surface area (Å²) in [7, 11) is 0. The van der Waals surface area contributed by atoms with Crippen LogP contribution in [0, 0.1) is 5.41 Å². The summed E-state index contributed by atoms with van der Waals surface area (Å²) in [5.74, 6) is 0.551. The van der Waals surface area contributed by atoms with Crippen LogP contribution in [-0.4, -0.2) is 35.0 Å². The molecule has 3 aromatic rings. The van der Waals surface area contributed by atoms with Gasteiger partial charge >= 0.3 is 0 Å². The Morgan fingerprint density at radius 2 is 2.03 bits per heavy atom. The number of carbonyl (C=O) groups excluding carboxylic acids is 1. The zero-order valence-electron chi connectivity index (χ0n) is 18.4. The summed E-state index contributed by atoms with van der Waals surface area (Å²) in [6, 6.07) is 9.63. The predicted octanol–water partition coefficient (Wildman–Crippen LogP) is 4.81. The van der Waals surface area contributed by atoms with E-state index in [4.69, 9.17) is 28.9 Å². The summed E-state index contributed by atoms with van der Waals surface area (Å²) in [5, 5.41) is 7.42. The molecule has 0 bridgehead atoms. The van der Waals surface area contributed by atoms with E-state index >= 15 is 0 Å². The van der Waals surface area contributed by atoms with Gasteiger partial charge in [0.15, 0.2) is 0 Å². The maximum Gasteiger partial charge on any atom is 0.225 e. The second-order valence-electron chi connectivity index (χ2n) is 9.27. The SMILES string of the molecule is CC(C)(C)C(=O)NCc1ccc(Cl)c(Nc2nc3cc(N4CCC(N)C4)c(Cl)cc3[nH]2)c1. The quantitative estimate of drug-likeness (QED) is 0.425. The first kappa shape index (κ1) is 22.7. The number of benzene rings is 2. The third-order valence-corrected chi connectivity index (χ3v) is 6.17. The van der Waals surface area contributed by atoms with Gasteiger partial charge in [-0.15, -0.1) is 0 Å². The van der Waals surface area contributed by atoms with E-state index in [-0.39, 0.29) is 11.9 Å². The van der Waals surface area contributed by atoms with E-state index in [1.807, 2.05) is 45.0 Å². The van der Waals surface area contributed by atoms with Gasteiger partial charge in [-0.2, -0.15) is 0 Å². The highest BCUT2D eigenvalue weighted by molar-refractivity contribution is 6.34. The van der Waals surface area contributed by atoms with Gasteiger partial charge in [0.2, 0.25) is 11.9 Å². The first-order chi connectivity index (χ1) is 15.1. The summed E-state index contributed by atoms with van der Waals surface area (Å²) in [5.41, 5.74) is 9.81. The van der Waals surface area contributed by atoms with E-state index in [0.717, 1.165) is 41.8 Å². The van der Waals surface area contributed by atoms with E-state index in [1.165, 1.54) is 0 Å². The largest absolute Gasteiger partial charge is 0.369 e. The molecule has 1 aromatic heterocycles. The molecule has 1 fully saturated rings. The molecule has 7 nitrogen and oxygen atoms in total. The number of aromatic nitrogens is 2. The number of nitrogens with one attached hydrogen (secondary N) is 3. The third-order valence-electron chi connectivity index (χ3n) is 5.53. The number of carbonyl (C=O) groups is 1. The number of fused-ring (bicyclic) bond motifs is 1. The maximum atomic E-state index is 12.2. The van der Waals surface area contributed by atoms with Crippen LogP contribution in [0.4, 0.5) is 17.3 Å². The van der Waals surface area contributed by atoms with Gasteiger partial charge in [0.25, 0.3) is 0 Å². The van der Waals surface area contributed by atoms with Crippen molar-refractivity contribution < 1.29 is 4.79 Å². The van der Waals surface area contributed by atoms with Crippen LogP contribution in [0.15, 0.2) is 30.3 Å². The number of hydrogen-bond donors (Lipinski definition) is 4. The molecule has 170 valence electrons. The fraction of sp³-hybridized carbons (Fsp3) is 0.391. The van der Waals surface area contributed by atoms with Crippen molar-refractivity contribution in [3.05, 3.63) is 45.9 Å². The fourth-order valence-electron chi connectivity index (χ4n) is 3.68. The van der Waals surface area contributed by atoms with Crippen molar-refractivity contribution in [2.75, 3.05) is 23.3 Å². The summed E-state index contributed by atoms with van der Waals surface area (Å²) in [6.45, 7) is 7.74. The summed E-state index contributed by atoms with van der Waals surface area (Å²) in [6.07, 6.45) is 0.951. The van der Waals surface area contributed by atoms with Crippen molar-refractivity contribution in [1.29, 1.82) is 0 Å². The molecule has 0 spiro atoms. The fourth-order valence-corrected chi connectivity index (χ4v) is 4.13. The van der Waals surface area contributed by atoms with Gasteiger partial charge in [0, 0.05) is 31.1 Å². The normalized spacial score (nSPS) is 16.6. The standard InChI is InChI=1S/C23H28Cl2N6O/c1-23(2,3)21(32)27-11-13-4-5-15(24)17(8-13)28-22-29-18-9-16(25)20(10-19(18)30-22)31-7-6-14(26)12-31/h4-5,8-10,14H,6-7,11-12,26H2,1-3H3,(H,27,32)(H2,28,29,30). The highest BCUT2D eigenvalue weighted by Gasteiger charge is 2.22. The van der Waals surface area contributed by atoms with Crippen molar-refractivity contribution in [3.8, 4) is 0 Å². The molecule has 0 radical (unpaired) electrons. The van der Waals surface area contributed by atoms with E-state index in [0.29, 0.717) is 28.2 Å². The molecule has 2 heterocycles. The molecular weight excluding hydrogens is 447 g/mol. The topological polar surface area (TPSA) is 99.1 Å². The van der Waals surface area contributed by atoms with Crippen molar-refractivity contribution >= 4 is 57.5 Å². The molecule has 1 aliphatic rings. The van der Waals surface area contributed by atoms with Gasteiger partial charge in [-0.1, -0.05) is 50.0 Å². The molecule has 1 atom stereocenters. The molecule has 32 heavy (non-hydrogen) atoms. The average Bonchev–Trinajstić information content (AvgIpc) is 3.32. The number of nitrogens with zero attached hydrogens (tertiary/aromatic N) is 2. The Bertz CT molecular complexity index is 1150. The number of anilines is 3. The third kappa shape index (κ3) is 4.95. The Morgan fingerprint density at radius 3 is 2.72 bits per heavy atom. The molecule has 1 unspecified atom stereocenters. The smallest absolute Gasteiger partial charge is 0.225 e. The predicted molar refractivity (Wildman–Crippen MR) is 132 cm³/mol. The lowest BCUT2D eigenvalue weighted by Crippen LogP contribution is -2.34. The van der Waals surface area contributed by atoms with Gasteiger partial charge in [-0.3, -0.25) is 4.79 Å². The van der Waals surface area contributed by atoms with Crippen LogP contribution in [0.3, 0.4) is 0 Å². The molecule has 1 amide bonds. The average molecular weight is 475 g/mol. The minimum Gasteiger partial charge on any atom is -0.369 e. The first-order valence-electron chi connectivity index (χ1n) is 10.6. The zero-order chi connectivity index (χ0) is 23.0. The number of imidazole rings is 1. The van der Waals surface area contributed by atoms with Gasteiger partial charge in [0.1, 0.15) is 0 Å². The lowest BCUT2D eigenvalue weighted by atomic mass is 9.95. The Morgan fingerprint density at radius 1 is 1.25 bits per heavy atom. The van der Waals surface area contributed by atoms with E-state index < -0.39 is 5.41 Å². The summed E-state index contributed by atoms with van der Waals surface area (Å²) < 4.78 is 0. The monoisotopic (exact) mass is 474 g/mol. The van der Waals surface area contributed by atoms with Crippen LogP contribution < -0.4 is 21.3 Å². The molecule has 0 aliphatic carbocycles. The summed E-state index contributed by atoms with van der Waals surface area (Å²) >= 11 is 12.9. The molecule has 0 saturated carbocycles. The van der Waals surface area contributed by atoms with Crippen molar-refractivity contribution in [2.45, 2.75) is 39.8 Å². The number of amides is 1. The Labute approximate surface area is 197 Å². The minimum atomic E-state index is -0.442. The molecular formula is C23H28Cl2N6O. The number of nitrogens with two attached hydrogens (primary N) is 1. The van der Waals surface area contributed by atoms with Gasteiger partial charge in [-0.25, -0.2) is 4.98 Å². The number of hydrogen-bond acceptors (Lipinski definition) is 5. The minimum absolute atomic E-state index is 0.00844. The van der Waals surface area contributed by atoms with Crippen LogP contribution in [0.5, 0.6) is 0 Å². The number of H-pyrrole nitrogens is 1. The van der Waals surface area contributed by atoms with Crippen LogP contribution >= 0.6 is 23.2 Å². The molecule has 9 heteroatoms. The van der Waals surface area contributed by atoms with Gasteiger partial charge in [-0.05, 0) is 36.2 Å². The zero-order valence-corrected chi connectivity index (χ0v) is 19.9. The van der Waals surface area contributed by atoms with E-state index in [1.54, 1.807) is 6.07 Å². The van der Waals surface area contributed by atoms with Crippen LogP contribution in [-0.2, 0) is 11.3 Å². The second-order valence-corrected chi connectivity index (χ2v) is 10.1. The Kier molecular flexibility index (Phi) is 6.25. The highest BCUT2D eigenvalue weighted by Crippen LogP contribution is 2.33. The molecule has 1 saturated heterocycles.